The largest absolute Gasteiger partial charge is 0.347 e. The van der Waals surface area contributed by atoms with Crippen molar-refractivity contribution in [2.75, 3.05) is 0 Å². The number of nitrogens with one attached hydrogen (secondary N) is 1. The van der Waals surface area contributed by atoms with Gasteiger partial charge in [0.1, 0.15) is 16.1 Å². The van der Waals surface area contributed by atoms with Gasteiger partial charge in [-0.05, 0) is 38.1 Å². The first-order valence-corrected chi connectivity index (χ1v) is 6.23. The maximum atomic E-state index is 5.88. The van der Waals surface area contributed by atoms with Gasteiger partial charge in [-0.15, -0.1) is 0 Å². The molecular weight excluding hydrogens is 257 g/mol. The highest BCUT2D eigenvalue weighted by atomic mass is 35.5. The lowest BCUT2D eigenvalue weighted by atomic mass is 10.2. The topological polar surface area (TPSA) is 37.3 Å². The van der Waals surface area contributed by atoms with Crippen LogP contribution in [-0.2, 0) is 0 Å². The molecule has 0 bridgehead atoms. The average molecular weight is 270 g/mol. The SMILES string of the molecule is C/C=C/NC(=NC1CC1)c1cc(Cl)nc(Cl)c1. The van der Waals surface area contributed by atoms with Gasteiger partial charge in [-0.3, -0.25) is 4.99 Å². The Bertz CT molecular complexity index is 445. The van der Waals surface area contributed by atoms with Crippen LogP contribution < -0.4 is 5.32 Å². The lowest BCUT2D eigenvalue weighted by Crippen LogP contribution is -2.19. The molecule has 1 N–H and O–H groups in total. The van der Waals surface area contributed by atoms with Crippen molar-refractivity contribution in [3.8, 4) is 0 Å². The van der Waals surface area contributed by atoms with Crippen molar-refractivity contribution in [1.29, 1.82) is 0 Å². The molecule has 0 radical (unpaired) electrons. The van der Waals surface area contributed by atoms with Crippen LogP contribution in [0, 0.1) is 0 Å². The van der Waals surface area contributed by atoms with Crippen molar-refractivity contribution in [2.45, 2.75) is 25.8 Å². The van der Waals surface area contributed by atoms with Gasteiger partial charge in [0.15, 0.2) is 0 Å². The van der Waals surface area contributed by atoms with Crippen molar-refractivity contribution in [1.82, 2.24) is 10.3 Å². The minimum atomic E-state index is 0.373. The number of aromatic nitrogens is 1. The Balaban J connectivity index is 2.30. The minimum absolute atomic E-state index is 0.373. The van der Waals surface area contributed by atoms with Gasteiger partial charge in [-0.2, -0.15) is 0 Å². The van der Waals surface area contributed by atoms with Crippen LogP contribution in [0.25, 0.3) is 0 Å². The summed E-state index contributed by atoms with van der Waals surface area (Å²) in [6.07, 6.45) is 6.04. The summed E-state index contributed by atoms with van der Waals surface area (Å²) in [5.41, 5.74) is 0.861. The van der Waals surface area contributed by atoms with Crippen LogP contribution in [-0.4, -0.2) is 16.9 Å². The van der Waals surface area contributed by atoms with E-state index in [0.29, 0.717) is 16.3 Å². The predicted octanol–water partition coefficient (Wildman–Crippen LogP) is 3.42. The van der Waals surface area contributed by atoms with Crippen molar-refractivity contribution < 1.29 is 0 Å². The Morgan fingerprint density at radius 2 is 2.06 bits per heavy atom. The molecule has 0 spiro atoms. The van der Waals surface area contributed by atoms with Gasteiger partial charge in [0, 0.05) is 5.56 Å². The van der Waals surface area contributed by atoms with Crippen LogP contribution in [0.3, 0.4) is 0 Å². The number of rotatable bonds is 3. The quantitative estimate of drug-likeness (QED) is 0.519. The smallest absolute Gasteiger partial charge is 0.132 e. The highest BCUT2D eigenvalue weighted by Gasteiger charge is 2.21. The Labute approximate surface area is 111 Å². The molecule has 1 saturated carbocycles. The number of hydrogen-bond donors (Lipinski definition) is 1. The zero-order chi connectivity index (χ0) is 12.3. The van der Waals surface area contributed by atoms with E-state index < -0.39 is 0 Å². The van der Waals surface area contributed by atoms with Gasteiger partial charge in [-0.25, -0.2) is 4.98 Å². The van der Waals surface area contributed by atoms with Crippen LogP contribution in [0.15, 0.2) is 29.4 Å². The zero-order valence-electron chi connectivity index (χ0n) is 9.45. The average Bonchev–Trinajstić information content (AvgIpc) is 3.06. The monoisotopic (exact) mass is 269 g/mol. The molecule has 2 rings (SSSR count). The molecule has 1 heterocycles. The summed E-state index contributed by atoms with van der Waals surface area (Å²) in [5, 5.41) is 3.88. The lowest BCUT2D eigenvalue weighted by molar-refractivity contribution is 1.04. The zero-order valence-corrected chi connectivity index (χ0v) is 11.0. The fourth-order valence-corrected chi connectivity index (χ4v) is 1.81. The van der Waals surface area contributed by atoms with Gasteiger partial charge in [-0.1, -0.05) is 29.3 Å². The number of pyridine rings is 1. The second kappa shape index (κ2) is 5.52. The summed E-state index contributed by atoms with van der Waals surface area (Å²) >= 11 is 11.8. The first kappa shape index (κ1) is 12.4. The fourth-order valence-electron chi connectivity index (χ4n) is 1.35. The maximum absolute atomic E-state index is 5.88. The molecule has 90 valence electrons. The number of halogens is 2. The van der Waals surface area contributed by atoms with Gasteiger partial charge < -0.3 is 5.32 Å². The second-order valence-electron chi connectivity index (χ2n) is 3.85. The molecule has 0 amide bonds. The van der Waals surface area contributed by atoms with E-state index in [9.17, 15) is 0 Å². The molecule has 1 aliphatic rings. The number of aliphatic imine (C=N–C) groups is 1. The van der Waals surface area contributed by atoms with E-state index in [1.165, 1.54) is 0 Å². The van der Waals surface area contributed by atoms with E-state index in [2.05, 4.69) is 15.3 Å². The normalized spacial score (nSPS) is 16.5. The Morgan fingerprint density at radius 3 is 2.59 bits per heavy atom. The summed E-state index contributed by atoms with van der Waals surface area (Å²) in [7, 11) is 0. The molecule has 3 nitrogen and oxygen atoms in total. The predicted molar refractivity (Wildman–Crippen MR) is 71.8 cm³/mol. The van der Waals surface area contributed by atoms with Crippen molar-refractivity contribution in [2.24, 2.45) is 4.99 Å². The Morgan fingerprint density at radius 1 is 1.41 bits per heavy atom. The molecule has 1 aliphatic carbocycles. The highest BCUT2D eigenvalue weighted by molar-refractivity contribution is 6.33. The van der Waals surface area contributed by atoms with E-state index >= 15 is 0 Å². The summed E-state index contributed by atoms with van der Waals surface area (Å²) in [6, 6.07) is 3.93. The van der Waals surface area contributed by atoms with Crippen LogP contribution in [0.1, 0.15) is 25.3 Å². The Hall–Kier alpha value is -1.06. The maximum Gasteiger partial charge on any atom is 0.132 e. The van der Waals surface area contributed by atoms with Crippen molar-refractivity contribution in [3.05, 3.63) is 40.3 Å². The highest BCUT2D eigenvalue weighted by Crippen LogP contribution is 2.25. The third-order valence-corrected chi connectivity index (χ3v) is 2.67. The molecule has 0 aromatic carbocycles. The Kier molecular flexibility index (Phi) is 4.02. The number of allylic oxidation sites excluding steroid dienone is 1. The number of hydrogen-bond acceptors (Lipinski definition) is 2. The van der Waals surface area contributed by atoms with Gasteiger partial charge in [0.2, 0.25) is 0 Å². The summed E-state index contributed by atoms with van der Waals surface area (Å²) in [6.45, 7) is 1.94. The van der Waals surface area contributed by atoms with Crippen molar-refractivity contribution in [3.63, 3.8) is 0 Å². The van der Waals surface area contributed by atoms with Crippen LogP contribution in [0.4, 0.5) is 0 Å². The summed E-state index contributed by atoms with van der Waals surface area (Å²) < 4.78 is 0. The molecular formula is C12H13Cl2N3. The van der Waals surface area contributed by atoms with Gasteiger partial charge >= 0.3 is 0 Å². The second-order valence-corrected chi connectivity index (χ2v) is 4.63. The third kappa shape index (κ3) is 3.72. The molecule has 5 heteroatoms. The van der Waals surface area contributed by atoms with Crippen LogP contribution >= 0.6 is 23.2 Å². The van der Waals surface area contributed by atoms with Crippen LogP contribution in [0.2, 0.25) is 10.3 Å². The van der Waals surface area contributed by atoms with Gasteiger partial charge in [0.25, 0.3) is 0 Å². The molecule has 1 fully saturated rings. The summed E-state index contributed by atoms with van der Waals surface area (Å²) in [4.78, 5) is 8.51. The van der Waals surface area contributed by atoms with E-state index in [1.54, 1.807) is 12.1 Å². The minimum Gasteiger partial charge on any atom is -0.347 e. The molecule has 0 aliphatic heterocycles. The lowest BCUT2D eigenvalue weighted by Gasteiger charge is -2.07. The molecule has 0 atom stereocenters. The molecule has 1 aromatic rings. The van der Waals surface area contributed by atoms with E-state index in [-0.39, 0.29) is 0 Å². The number of amidine groups is 1. The third-order valence-electron chi connectivity index (χ3n) is 2.28. The van der Waals surface area contributed by atoms with E-state index in [0.717, 1.165) is 24.2 Å². The van der Waals surface area contributed by atoms with Crippen LogP contribution in [0.5, 0.6) is 0 Å². The van der Waals surface area contributed by atoms with Crippen molar-refractivity contribution >= 4 is 29.0 Å². The number of nitrogens with zero attached hydrogens (tertiary/aromatic N) is 2. The molecule has 0 unspecified atom stereocenters. The molecule has 17 heavy (non-hydrogen) atoms. The molecule has 0 saturated heterocycles. The van der Waals surface area contributed by atoms with E-state index in [1.807, 2.05) is 19.2 Å². The standard InChI is InChI=1S/C12H13Cl2N3/c1-2-5-15-12(16-9-3-4-9)8-6-10(13)17-11(14)7-8/h2,5-7,9H,3-4H2,1H3,(H,15,16)/b5-2+. The first-order chi connectivity index (χ1) is 8.19. The fraction of sp³-hybridized carbons (Fsp3) is 0.333. The summed E-state index contributed by atoms with van der Waals surface area (Å²) in [5.74, 6) is 0.789. The first-order valence-electron chi connectivity index (χ1n) is 5.48. The van der Waals surface area contributed by atoms with E-state index in [4.69, 9.17) is 23.2 Å². The van der Waals surface area contributed by atoms with Gasteiger partial charge in [0.05, 0.1) is 6.04 Å². The molecule has 1 aromatic heterocycles.